The summed E-state index contributed by atoms with van der Waals surface area (Å²) < 4.78 is 0. The van der Waals surface area contributed by atoms with Crippen molar-refractivity contribution in [1.82, 2.24) is 15.5 Å². The Morgan fingerprint density at radius 2 is 1.44 bits per heavy atom. The average Bonchev–Trinajstić information content (AvgIpc) is 2.65. The molecule has 0 bridgehead atoms. The molecule has 9 heteroatoms. The summed E-state index contributed by atoms with van der Waals surface area (Å²) in [7, 11) is 0. The lowest BCUT2D eigenvalue weighted by atomic mass is 10.4. The second-order valence-electron chi connectivity index (χ2n) is 3.24. The molecule has 1 aliphatic rings. The SMILES string of the molecule is O=C1CNC(=O)N1.OCCN(CCO)CCO.[SiH4]. The van der Waals surface area contributed by atoms with Gasteiger partial charge in [-0.25, -0.2) is 4.79 Å². The normalized spacial score (nSPS) is 13.3. The van der Waals surface area contributed by atoms with Gasteiger partial charge in [0, 0.05) is 19.6 Å². The minimum absolute atomic E-state index is 0. The Bertz CT molecular complexity index is 214. The van der Waals surface area contributed by atoms with Crippen LogP contribution in [0, 0.1) is 0 Å². The van der Waals surface area contributed by atoms with E-state index in [0.717, 1.165) is 0 Å². The van der Waals surface area contributed by atoms with Crippen LogP contribution in [0.4, 0.5) is 4.79 Å². The highest BCUT2D eigenvalue weighted by atomic mass is 28.1. The van der Waals surface area contributed by atoms with E-state index in [1.807, 2.05) is 5.32 Å². The molecule has 1 heterocycles. The largest absolute Gasteiger partial charge is 0.395 e. The number of hydrogen-bond donors (Lipinski definition) is 5. The number of aliphatic hydroxyl groups is 3. The van der Waals surface area contributed by atoms with E-state index in [1.54, 1.807) is 4.90 Å². The van der Waals surface area contributed by atoms with Gasteiger partial charge >= 0.3 is 6.03 Å². The highest BCUT2D eigenvalue weighted by molar-refractivity contribution is 6.01. The van der Waals surface area contributed by atoms with Gasteiger partial charge in [0.1, 0.15) is 0 Å². The highest BCUT2D eigenvalue weighted by Crippen LogP contribution is 1.84. The number of nitrogens with one attached hydrogen (secondary N) is 2. The molecule has 1 saturated heterocycles. The van der Waals surface area contributed by atoms with E-state index in [2.05, 4.69) is 5.32 Å². The Hall–Kier alpha value is -1.00. The van der Waals surface area contributed by atoms with Crippen molar-refractivity contribution in [3.05, 3.63) is 0 Å². The molecule has 1 fully saturated rings. The number of rotatable bonds is 6. The van der Waals surface area contributed by atoms with E-state index in [4.69, 9.17) is 15.3 Å². The summed E-state index contributed by atoms with van der Waals surface area (Å²) in [5.74, 6) is -0.259. The molecule has 0 spiro atoms. The van der Waals surface area contributed by atoms with Crippen molar-refractivity contribution in [2.75, 3.05) is 46.0 Å². The van der Waals surface area contributed by atoms with E-state index in [9.17, 15) is 9.59 Å². The van der Waals surface area contributed by atoms with Crippen LogP contribution < -0.4 is 10.6 Å². The topological polar surface area (TPSA) is 122 Å². The van der Waals surface area contributed by atoms with E-state index in [1.165, 1.54) is 0 Å². The van der Waals surface area contributed by atoms with E-state index < -0.39 is 6.03 Å². The first-order valence-electron chi connectivity index (χ1n) is 5.26. The van der Waals surface area contributed by atoms with Crippen LogP contribution in [0.25, 0.3) is 0 Å². The van der Waals surface area contributed by atoms with Gasteiger partial charge < -0.3 is 20.6 Å². The fourth-order valence-corrected chi connectivity index (χ4v) is 1.14. The molecule has 108 valence electrons. The molecule has 0 aromatic heterocycles. The Labute approximate surface area is 110 Å². The van der Waals surface area contributed by atoms with Gasteiger partial charge in [0.2, 0.25) is 5.91 Å². The molecule has 1 aliphatic heterocycles. The van der Waals surface area contributed by atoms with Crippen molar-refractivity contribution in [3.63, 3.8) is 0 Å². The second kappa shape index (κ2) is 12.5. The fourth-order valence-electron chi connectivity index (χ4n) is 1.14. The van der Waals surface area contributed by atoms with Gasteiger partial charge in [-0.3, -0.25) is 15.0 Å². The third-order valence-electron chi connectivity index (χ3n) is 1.91. The van der Waals surface area contributed by atoms with Crippen LogP contribution in [-0.2, 0) is 4.79 Å². The zero-order valence-corrected chi connectivity index (χ0v) is 9.56. The van der Waals surface area contributed by atoms with Crippen molar-refractivity contribution in [3.8, 4) is 0 Å². The fraction of sp³-hybridized carbons (Fsp3) is 0.778. The van der Waals surface area contributed by atoms with Gasteiger partial charge in [0.05, 0.1) is 26.4 Å². The van der Waals surface area contributed by atoms with Gasteiger partial charge in [-0.2, -0.15) is 0 Å². The third kappa shape index (κ3) is 10.2. The van der Waals surface area contributed by atoms with Gasteiger partial charge in [0.15, 0.2) is 0 Å². The van der Waals surface area contributed by atoms with Crippen molar-refractivity contribution >= 4 is 22.9 Å². The molecule has 8 nitrogen and oxygen atoms in total. The first-order chi connectivity index (χ1) is 8.13. The minimum atomic E-state index is -0.398. The molecule has 0 saturated carbocycles. The summed E-state index contributed by atoms with van der Waals surface area (Å²) in [5, 5.41) is 29.8. The molecule has 0 radical (unpaired) electrons. The van der Waals surface area contributed by atoms with Crippen molar-refractivity contribution < 1.29 is 24.9 Å². The van der Waals surface area contributed by atoms with E-state index in [0.29, 0.717) is 19.6 Å². The van der Waals surface area contributed by atoms with Gasteiger partial charge in [-0.05, 0) is 11.0 Å². The lowest BCUT2D eigenvalue weighted by Crippen LogP contribution is -2.32. The first-order valence-corrected chi connectivity index (χ1v) is 5.26. The number of urea groups is 1. The standard InChI is InChI=1S/C6H15NO3.C3H4N2O2.H4Si/c8-4-1-7(2-5-9)3-6-10;6-2-1-4-3(7)5-2;/h8-10H,1-6H2;1H2,(H2,4,5,6,7);1H4. The molecule has 5 N–H and O–H groups in total. The average molecular weight is 281 g/mol. The van der Waals surface area contributed by atoms with E-state index in [-0.39, 0.29) is 43.2 Å². The predicted octanol–water partition coefficient (Wildman–Crippen LogP) is -4.36. The maximum Gasteiger partial charge on any atom is 0.321 e. The molecule has 0 aromatic rings. The quantitative estimate of drug-likeness (QED) is 0.248. The number of carbonyl (C=O) groups excluding carboxylic acids is 2. The second-order valence-corrected chi connectivity index (χ2v) is 3.24. The van der Waals surface area contributed by atoms with Gasteiger partial charge in [-0.1, -0.05) is 0 Å². The maximum absolute atomic E-state index is 10.1. The molecular formula is C9H23N3O5Si. The number of imide groups is 1. The third-order valence-corrected chi connectivity index (χ3v) is 1.91. The zero-order chi connectivity index (χ0) is 13.1. The smallest absolute Gasteiger partial charge is 0.321 e. The summed E-state index contributed by atoms with van der Waals surface area (Å²) in [5.41, 5.74) is 0. The molecule has 3 amide bonds. The molecule has 18 heavy (non-hydrogen) atoms. The van der Waals surface area contributed by atoms with Crippen LogP contribution in [0.2, 0.25) is 0 Å². The van der Waals surface area contributed by atoms with Crippen LogP contribution in [0.3, 0.4) is 0 Å². The van der Waals surface area contributed by atoms with Crippen LogP contribution in [0.5, 0.6) is 0 Å². The minimum Gasteiger partial charge on any atom is -0.395 e. The Balaban J connectivity index is 0. The van der Waals surface area contributed by atoms with Crippen LogP contribution >= 0.6 is 0 Å². The number of amides is 3. The summed E-state index contributed by atoms with van der Waals surface area (Å²) in [6.07, 6.45) is 0. The molecule has 1 rings (SSSR count). The molecule has 0 aliphatic carbocycles. The Morgan fingerprint density at radius 1 is 1.00 bits per heavy atom. The summed E-state index contributed by atoms with van der Waals surface area (Å²) in [4.78, 5) is 21.9. The summed E-state index contributed by atoms with van der Waals surface area (Å²) in [6.45, 7) is 1.88. The number of hydrogen-bond acceptors (Lipinski definition) is 6. The Morgan fingerprint density at radius 3 is 1.61 bits per heavy atom. The molecule has 0 aromatic carbocycles. The van der Waals surface area contributed by atoms with Gasteiger partial charge in [0.25, 0.3) is 0 Å². The van der Waals surface area contributed by atoms with Crippen LogP contribution in [-0.4, -0.2) is 89.1 Å². The van der Waals surface area contributed by atoms with Crippen LogP contribution in [0.1, 0.15) is 0 Å². The Kier molecular flexibility index (Phi) is 13.4. The zero-order valence-electron chi connectivity index (χ0n) is 9.56. The summed E-state index contributed by atoms with van der Waals surface area (Å²) >= 11 is 0. The highest BCUT2D eigenvalue weighted by Gasteiger charge is 2.14. The van der Waals surface area contributed by atoms with Crippen molar-refractivity contribution in [2.24, 2.45) is 0 Å². The number of carbonyl (C=O) groups is 2. The molecule has 0 atom stereocenters. The van der Waals surface area contributed by atoms with E-state index >= 15 is 0 Å². The molecular weight excluding hydrogens is 258 g/mol. The lowest BCUT2D eigenvalue weighted by Gasteiger charge is -2.17. The predicted molar refractivity (Wildman–Crippen MR) is 70.6 cm³/mol. The van der Waals surface area contributed by atoms with Crippen molar-refractivity contribution in [2.45, 2.75) is 0 Å². The number of nitrogens with zero attached hydrogens (tertiary/aromatic N) is 1. The van der Waals surface area contributed by atoms with Crippen molar-refractivity contribution in [1.29, 1.82) is 0 Å². The number of aliphatic hydroxyl groups excluding tert-OH is 3. The molecule has 0 unspecified atom stereocenters. The maximum atomic E-state index is 10.1. The van der Waals surface area contributed by atoms with Gasteiger partial charge in [-0.15, -0.1) is 0 Å². The van der Waals surface area contributed by atoms with Crippen LogP contribution in [0.15, 0.2) is 0 Å². The lowest BCUT2D eigenvalue weighted by molar-refractivity contribution is -0.117. The summed E-state index contributed by atoms with van der Waals surface area (Å²) in [6, 6.07) is -0.398. The first kappa shape index (κ1) is 19.3. The monoisotopic (exact) mass is 281 g/mol.